The minimum atomic E-state index is 0.276. The maximum atomic E-state index is 10.3. The second-order valence-corrected chi connectivity index (χ2v) is 4.82. The second-order valence-electron chi connectivity index (χ2n) is 4.82. The minimum Gasteiger partial charge on any atom is -0.493 e. The molecule has 2 rings (SSSR count). The van der Waals surface area contributed by atoms with Crippen molar-refractivity contribution in [2.24, 2.45) is 0 Å². The molecule has 0 aliphatic rings. The normalized spacial score (nSPS) is 10.9. The van der Waals surface area contributed by atoms with Gasteiger partial charge in [-0.05, 0) is 50.5 Å². The molecule has 1 N–H and O–H groups in total. The molecule has 3 heteroatoms. The van der Waals surface area contributed by atoms with Gasteiger partial charge < -0.3 is 5.11 Å². The number of hydrogen-bond acceptors (Lipinski definition) is 2. The Balaban J connectivity index is 2.50. The molecule has 18 heavy (non-hydrogen) atoms. The molecule has 0 saturated carbocycles. The summed E-state index contributed by atoms with van der Waals surface area (Å²) in [5.74, 6) is 0.276. The van der Waals surface area contributed by atoms with Crippen LogP contribution in [0.1, 0.15) is 35.7 Å². The molecule has 0 amide bonds. The van der Waals surface area contributed by atoms with Gasteiger partial charge in [0.25, 0.3) is 0 Å². The van der Waals surface area contributed by atoms with Gasteiger partial charge in [0.15, 0.2) is 0 Å². The molecule has 0 fully saturated rings. The highest BCUT2D eigenvalue weighted by Crippen LogP contribution is 2.26. The molecule has 0 saturated heterocycles. The van der Waals surface area contributed by atoms with Crippen molar-refractivity contribution in [3.8, 4) is 11.6 Å². The first kappa shape index (κ1) is 12.7. The van der Waals surface area contributed by atoms with Gasteiger partial charge in [0.2, 0.25) is 5.88 Å². The molecule has 1 aromatic heterocycles. The van der Waals surface area contributed by atoms with E-state index in [-0.39, 0.29) is 5.88 Å². The summed E-state index contributed by atoms with van der Waals surface area (Å²) in [6.45, 7) is 8.20. The largest absolute Gasteiger partial charge is 0.493 e. The standard InChI is InChI=1S/C15H20N2O/c1-5-6-14-12(4)16-17(15(14)18)13-8-7-10(2)11(3)9-13/h7-9,18H,5-6H2,1-4H3. The van der Waals surface area contributed by atoms with E-state index in [1.807, 2.05) is 13.0 Å². The summed E-state index contributed by atoms with van der Waals surface area (Å²) in [7, 11) is 0. The number of hydrogen-bond donors (Lipinski definition) is 1. The van der Waals surface area contributed by atoms with Gasteiger partial charge in [0.1, 0.15) is 0 Å². The molecule has 1 aromatic carbocycles. The van der Waals surface area contributed by atoms with Crippen LogP contribution in [-0.2, 0) is 6.42 Å². The molecule has 0 aliphatic carbocycles. The van der Waals surface area contributed by atoms with Crippen molar-refractivity contribution < 1.29 is 5.11 Å². The molecule has 0 spiro atoms. The highest BCUT2D eigenvalue weighted by molar-refractivity contribution is 5.44. The molecule has 3 nitrogen and oxygen atoms in total. The lowest BCUT2D eigenvalue weighted by Crippen LogP contribution is -1.97. The first-order valence-corrected chi connectivity index (χ1v) is 6.39. The van der Waals surface area contributed by atoms with Gasteiger partial charge in [0, 0.05) is 5.56 Å². The van der Waals surface area contributed by atoms with E-state index < -0.39 is 0 Å². The molecular weight excluding hydrogens is 224 g/mol. The average Bonchev–Trinajstić information content (AvgIpc) is 2.61. The Labute approximate surface area is 108 Å². The maximum absolute atomic E-state index is 10.3. The number of aromatic hydroxyl groups is 1. The molecular formula is C15H20N2O. The summed E-state index contributed by atoms with van der Waals surface area (Å²) in [6.07, 6.45) is 1.87. The van der Waals surface area contributed by atoms with Crippen molar-refractivity contribution in [2.45, 2.75) is 40.5 Å². The first-order valence-electron chi connectivity index (χ1n) is 6.39. The number of aryl methyl sites for hydroxylation is 3. The lowest BCUT2D eigenvalue weighted by Gasteiger charge is -2.06. The van der Waals surface area contributed by atoms with Crippen molar-refractivity contribution >= 4 is 0 Å². The predicted molar refractivity (Wildman–Crippen MR) is 73.4 cm³/mol. The van der Waals surface area contributed by atoms with E-state index in [4.69, 9.17) is 0 Å². The van der Waals surface area contributed by atoms with Crippen LogP contribution in [0.3, 0.4) is 0 Å². The lowest BCUT2D eigenvalue weighted by molar-refractivity contribution is 0.427. The zero-order valence-corrected chi connectivity index (χ0v) is 11.5. The van der Waals surface area contributed by atoms with Gasteiger partial charge in [-0.15, -0.1) is 0 Å². The molecule has 96 valence electrons. The van der Waals surface area contributed by atoms with Gasteiger partial charge in [-0.1, -0.05) is 19.4 Å². The second kappa shape index (κ2) is 4.84. The van der Waals surface area contributed by atoms with Crippen LogP contribution in [0.25, 0.3) is 5.69 Å². The lowest BCUT2D eigenvalue weighted by atomic mass is 10.1. The molecule has 0 unspecified atom stereocenters. The van der Waals surface area contributed by atoms with Gasteiger partial charge in [-0.3, -0.25) is 0 Å². The summed E-state index contributed by atoms with van der Waals surface area (Å²) in [4.78, 5) is 0. The van der Waals surface area contributed by atoms with Crippen molar-refractivity contribution in [1.82, 2.24) is 9.78 Å². The van der Waals surface area contributed by atoms with Crippen LogP contribution >= 0.6 is 0 Å². The molecule has 0 atom stereocenters. The van der Waals surface area contributed by atoms with Crippen molar-refractivity contribution in [3.05, 3.63) is 40.6 Å². The SMILES string of the molecule is CCCc1c(C)nn(-c2ccc(C)c(C)c2)c1O. The predicted octanol–water partition coefficient (Wildman–Crippen LogP) is 3.46. The van der Waals surface area contributed by atoms with Crippen LogP contribution in [0.2, 0.25) is 0 Å². The van der Waals surface area contributed by atoms with Crippen LogP contribution in [0.4, 0.5) is 0 Å². The van der Waals surface area contributed by atoms with E-state index >= 15 is 0 Å². The summed E-state index contributed by atoms with van der Waals surface area (Å²) in [5, 5.41) is 14.7. The fourth-order valence-corrected chi connectivity index (χ4v) is 2.13. The zero-order valence-electron chi connectivity index (χ0n) is 11.5. The third-order valence-corrected chi connectivity index (χ3v) is 3.39. The number of aromatic nitrogens is 2. The van der Waals surface area contributed by atoms with E-state index in [9.17, 15) is 5.11 Å². The van der Waals surface area contributed by atoms with Crippen LogP contribution < -0.4 is 0 Å². The average molecular weight is 244 g/mol. The molecule has 1 heterocycles. The fourth-order valence-electron chi connectivity index (χ4n) is 2.13. The summed E-state index contributed by atoms with van der Waals surface area (Å²) in [6, 6.07) is 6.10. The molecule has 0 aliphatic heterocycles. The monoisotopic (exact) mass is 244 g/mol. The Morgan fingerprint density at radius 1 is 1.17 bits per heavy atom. The topological polar surface area (TPSA) is 38.0 Å². The summed E-state index contributed by atoms with van der Waals surface area (Å²) < 4.78 is 1.63. The number of rotatable bonds is 3. The first-order chi connectivity index (χ1) is 8.54. The van der Waals surface area contributed by atoms with Gasteiger partial charge >= 0.3 is 0 Å². The smallest absolute Gasteiger partial charge is 0.217 e. The zero-order chi connectivity index (χ0) is 13.3. The maximum Gasteiger partial charge on any atom is 0.217 e. The van der Waals surface area contributed by atoms with E-state index in [2.05, 4.69) is 38.0 Å². The Hall–Kier alpha value is -1.77. The van der Waals surface area contributed by atoms with Crippen molar-refractivity contribution in [1.29, 1.82) is 0 Å². The molecule has 0 bridgehead atoms. The van der Waals surface area contributed by atoms with Gasteiger partial charge in [-0.25, -0.2) is 4.68 Å². The molecule has 0 radical (unpaired) electrons. The fraction of sp³-hybridized carbons (Fsp3) is 0.400. The van der Waals surface area contributed by atoms with Crippen LogP contribution in [-0.4, -0.2) is 14.9 Å². The third-order valence-electron chi connectivity index (χ3n) is 3.39. The molecule has 2 aromatic rings. The minimum absolute atomic E-state index is 0.276. The quantitative estimate of drug-likeness (QED) is 0.898. The van der Waals surface area contributed by atoms with Crippen LogP contribution in [0, 0.1) is 20.8 Å². The Morgan fingerprint density at radius 3 is 2.50 bits per heavy atom. The Kier molecular flexibility index (Phi) is 3.41. The van der Waals surface area contributed by atoms with Crippen LogP contribution in [0.5, 0.6) is 5.88 Å². The third kappa shape index (κ3) is 2.13. The summed E-state index contributed by atoms with van der Waals surface area (Å²) >= 11 is 0. The van der Waals surface area contributed by atoms with Crippen molar-refractivity contribution in [3.63, 3.8) is 0 Å². The van der Waals surface area contributed by atoms with E-state index in [1.165, 1.54) is 11.1 Å². The van der Waals surface area contributed by atoms with Gasteiger partial charge in [0.05, 0.1) is 11.4 Å². The Bertz CT molecular complexity index is 570. The number of nitrogens with zero attached hydrogens (tertiary/aromatic N) is 2. The Morgan fingerprint density at radius 2 is 1.89 bits per heavy atom. The summed E-state index contributed by atoms with van der Waals surface area (Å²) in [5.41, 5.74) is 5.23. The number of benzene rings is 1. The van der Waals surface area contributed by atoms with E-state index in [0.717, 1.165) is 29.8 Å². The van der Waals surface area contributed by atoms with Crippen molar-refractivity contribution in [2.75, 3.05) is 0 Å². The highest BCUT2D eigenvalue weighted by atomic mass is 16.3. The van der Waals surface area contributed by atoms with Crippen LogP contribution in [0.15, 0.2) is 18.2 Å². The van der Waals surface area contributed by atoms with E-state index in [0.29, 0.717) is 0 Å². The van der Waals surface area contributed by atoms with Gasteiger partial charge in [-0.2, -0.15) is 5.10 Å². The van der Waals surface area contributed by atoms with E-state index in [1.54, 1.807) is 4.68 Å². The highest BCUT2D eigenvalue weighted by Gasteiger charge is 2.14.